The number of thiazole rings is 1. The second kappa shape index (κ2) is 8.49. The Morgan fingerprint density at radius 3 is 2.83 bits per heavy atom. The highest BCUT2D eigenvalue weighted by atomic mass is 79.9. The smallest absolute Gasteiger partial charge is 0.355 e. The molecule has 0 bridgehead atoms. The lowest BCUT2D eigenvalue weighted by Gasteiger charge is -2.01. The van der Waals surface area contributed by atoms with Gasteiger partial charge < -0.3 is 19.5 Å². The molecule has 2 N–H and O–H groups in total. The lowest BCUT2D eigenvalue weighted by atomic mass is 10.2. The van der Waals surface area contributed by atoms with E-state index in [1.807, 2.05) is 0 Å². The third-order valence-electron chi connectivity index (χ3n) is 2.76. The van der Waals surface area contributed by atoms with Crippen molar-refractivity contribution in [1.29, 1.82) is 0 Å². The Balaban J connectivity index is 0.00000264. The molecular weight excluding hydrogens is 386 g/mol. The van der Waals surface area contributed by atoms with E-state index in [1.165, 1.54) is 35.8 Å². The van der Waals surface area contributed by atoms with Gasteiger partial charge in [0.2, 0.25) is 4.80 Å². The first kappa shape index (κ1) is 18.9. The number of hydrogen-bond donors (Lipinski definition) is 2. The van der Waals surface area contributed by atoms with Crippen molar-refractivity contribution in [3.8, 4) is 11.5 Å². The molecule has 124 valence electrons. The van der Waals surface area contributed by atoms with E-state index in [2.05, 4.69) is 10.2 Å². The van der Waals surface area contributed by atoms with E-state index in [4.69, 9.17) is 4.74 Å². The number of halogens is 1. The number of hydrogen-bond acceptors (Lipinski definition) is 7. The van der Waals surface area contributed by atoms with Crippen LogP contribution in [0.2, 0.25) is 0 Å². The molecule has 0 aliphatic rings. The lowest BCUT2D eigenvalue weighted by Crippen LogP contribution is -2.17. The van der Waals surface area contributed by atoms with E-state index < -0.39 is 5.97 Å². The molecule has 9 heteroatoms. The van der Waals surface area contributed by atoms with Crippen LogP contribution >= 0.6 is 28.3 Å². The highest BCUT2D eigenvalue weighted by Gasteiger charge is 2.11. The van der Waals surface area contributed by atoms with Crippen molar-refractivity contribution in [1.82, 2.24) is 4.57 Å². The van der Waals surface area contributed by atoms with Gasteiger partial charge in [-0.15, -0.1) is 33.4 Å². The van der Waals surface area contributed by atoms with Gasteiger partial charge in [0.05, 0.1) is 12.8 Å². The molecule has 23 heavy (non-hydrogen) atoms. The van der Waals surface area contributed by atoms with E-state index in [9.17, 15) is 15.0 Å². The molecule has 1 aromatic heterocycles. The number of benzene rings is 1. The Morgan fingerprint density at radius 2 is 2.17 bits per heavy atom. The second-order valence-corrected chi connectivity index (χ2v) is 5.11. The number of nitrogens with zero attached hydrogens (tertiary/aromatic N) is 3. The second-order valence-electron chi connectivity index (χ2n) is 4.27. The quantitative estimate of drug-likeness (QED) is 0.466. The van der Waals surface area contributed by atoms with E-state index in [1.54, 1.807) is 23.9 Å². The number of carbonyl (C=O) groups is 1. The number of phenolic OH excluding ortho intramolecular Hbond substituents is 2. The zero-order valence-corrected chi connectivity index (χ0v) is 15.0. The summed E-state index contributed by atoms with van der Waals surface area (Å²) in [6, 6.07) is 4.17. The number of phenols is 2. The molecule has 0 aliphatic carbocycles. The molecule has 0 spiro atoms. The summed E-state index contributed by atoms with van der Waals surface area (Å²) in [7, 11) is 1.69. The Morgan fingerprint density at radius 1 is 1.43 bits per heavy atom. The van der Waals surface area contributed by atoms with Crippen LogP contribution in [0, 0.1) is 0 Å². The third-order valence-corrected chi connectivity index (χ3v) is 3.67. The van der Waals surface area contributed by atoms with Crippen molar-refractivity contribution in [3.63, 3.8) is 0 Å². The summed E-state index contributed by atoms with van der Waals surface area (Å²) < 4.78 is 6.51. The van der Waals surface area contributed by atoms with Gasteiger partial charge in [-0.2, -0.15) is 5.10 Å². The van der Waals surface area contributed by atoms with Crippen LogP contribution in [-0.2, 0) is 11.8 Å². The summed E-state index contributed by atoms with van der Waals surface area (Å²) in [5.74, 6) is -0.542. The number of carbonyl (C=O) groups excluding carboxylic acids is 1. The molecule has 0 fully saturated rings. The summed E-state index contributed by atoms with van der Waals surface area (Å²) in [6.07, 6.45) is 1.36. The van der Waals surface area contributed by atoms with Crippen LogP contribution in [0.15, 0.2) is 33.8 Å². The molecule has 1 aromatic carbocycles. The molecule has 7 nitrogen and oxygen atoms in total. The number of aromatic nitrogens is 1. The van der Waals surface area contributed by atoms with Crippen LogP contribution in [0.1, 0.15) is 23.0 Å². The van der Waals surface area contributed by atoms with Crippen LogP contribution in [0.4, 0.5) is 0 Å². The molecule has 0 radical (unpaired) electrons. The molecular formula is C14H16BrN3O4S. The maximum Gasteiger partial charge on any atom is 0.355 e. The van der Waals surface area contributed by atoms with Crippen LogP contribution < -0.4 is 4.80 Å². The predicted octanol–water partition coefficient (Wildman–Crippen LogP) is 2.19. The largest absolute Gasteiger partial charge is 0.508 e. The van der Waals surface area contributed by atoms with Crippen molar-refractivity contribution in [2.75, 3.05) is 6.61 Å². The maximum atomic E-state index is 11.7. The summed E-state index contributed by atoms with van der Waals surface area (Å²) in [5, 5.41) is 28.3. The van der Waals surface area contributed by atoms with Crippen LogP contribution in [0.25, 0.3) is 0 Å². The van der Waals surface area contributed by atoms with Gasteiger partial charge in [0.1, 0.15) is 17.2 Å². The lowest BCUT2D eigenvalue weighted by molar-refractivity contribution is 0.0515. The maximum absolute atomic E-state index is 11.7. The van der Waals surface area contributed by atoms with Gasteiger partial charge in [0.15, 0.2) is 0 Å². The third kappa shape index (κ3) is 4.67. The van der Waals surface area contributed by atoms with Crippen LogP contribution in [0.5, 0.6) is 11.5 Å². The molecule has 0 aliphatic heterocycles. The highest BCUT2D eigenvalue weighted by molar-refractivity contribution is 8.93. The normalized spacial score (nSPS) is 11.5. The zero-order chi connectivity index (χ0) is 16.1. The van der Waals surface area contributed by atoms with E-state index >= 15 is 0 Å². The minimum atomic E-state index is -0.414. The van der Waals surface area contributed by atoms with Gasteiger partial charge in [-0.3, -0.25) is 0 Å². The number of ether oxygens (including phenoxy) is 1. The van der Waals surface area contributed by atoms with Gasteiger partial charge in [-0.1, -0.05) is 0 Å². The first-order valence-corrected chi connectivity index (χ1v) is 7.31. The SMILES string of the molecule is Br.CCOC(=O)c1cs/c(=N/N=C/c2ccc(O)cc2O)n1C. The summed E-state index contributed by atoms with van der Waals surface area (Å²) in [5.41, 5.74) is 0.819. The molecule has 1 heterocycles. The molecule has 0 saturated heterocycles. The van der Waals surface area contributed by atoms with Crippen molar-refractivity contribution < 1.29 is 19.7 Å². The van der Waals surface area contributed by atoms with E-state index in [-0.39, 0.29) is 28.5 Å². The summed E-state index contributed by atoms with van der Waals surface area (Å²) in [4.78, 5) is 12.2. The topological polar surface area (TPSA) is 96.4 Å². The molecule has 2 aromatic rings. The van der Waals surface area contributed by atoms with E-state index in [0.29, 0.717) is 22.7 Å². The van der Waals surface area contributed by atoms with Crippen LogP contribution in [-0.4, -0.2) is 33.6 Å². The molecule has 0 amide bonds. The van der Waals surface area contributed by atoms with Crippen molar-refractivity contribution in [2.24, 2.45) is 17.3 Å². The standard InChI is InChI=1S/C14H15N3O4S.BrH/c1-3-21-13(20)11-8-22-14(17(11)2)16-15-7-9-4-5-10(18)6-12(9)19;/h4-8,18-19H,3H2,1-2H3;1H/b15-7+,16-14+;. The average Bonchev–Trinajstić information content (AvgIpc) is 2.83. The molecule has 2 rings (SSSR count). The number of rotatable bonds is 4. The van der Waals surface area contributed by atoms with Gasteiger partial charge in [-0.05, 0) is 19.1 Å². The zero-order valence-electron chi connectivity index (χ0n) is 12.5. The molecule has 0 atom stereocenters. The summed E-state index contributed by atoms with van der Waals surface area (Å²) in [6.45, 7) is 2.05. The van der Waals surface area contributed by atoms with Crippen molar-refractivity contribution in [3.05, 3.63) is 39.6 Å². The minimum absolute atomic E-state index is 0. The monoisotopic (exact) mass is 401 g/mol. The first-order chi connectivity index (χ1) is 10.5. The van der Waals surface area contributed by atoms with Gasteiger partial charge in [-0.25, -0.2) is 4.79 Å². The predicted molar refractivity (Wildman–Crippen MR) is 92.5 cm³/mol. The fourth-order valence-corrected chi connectivity index (χ4v) is 2.45. The van der Waals surface area contributed by atoms with Gasteiger partial charge in [0, 0.05) is 24.1 Å². The highest BCUT2D eigenvalue weighted by Crippen LogP contribution is 2.20. The number of aromatic hydroxyl groups is 2. The number of esters is 1. The Bertz CT molecular complexity index is 783. The van der Waals surface area contributed by atoms with Gasteiger partial charge in [0.25, 0.3) is 0 Å². The van der Waals surface area contributed by atoms with E-state index in [0.717, 1.165) is 0 Å². The fourth-order valence-electron chi connectivity index (χ4n) is 1.63. The fraction of sp³-hybridized carbons (Fsp3) is 0.214. The van der Waals surface area contributed by atoms with Crippen molar-refractivity contribution >= 4 is 40.5 Å². The average molecular weight is 402 g/mol. The Kier molecular flexibility index (Phi) is 6.98. The minimum Gasteiger partial charge on any atom is -0.508 e. The Labute approximate surface area is 147 Å². The first-order valence-electron chi connectivity index (χ1n) is 6.43. The molecule has 0 saturated carbocycles. The Hall–Kier alpha value is -2.13. The van der Waals surface area contributed by atoms with Crippen LogP contribution in [0.3, 0.4) is 0 Å². The summed E-state index contributed by atoms with van der Waals surface area (Å²) >= 11 is 1.25. The van der Waals surface area contributed by atoms with Gasteiger partial charge >= 0.3 is 5.97 Å². The molecule has 0 unspecified atom stereocenters. The van der Waals surface area contributed by atoms with Crippen molar-refractivity contribution in [2.45, 2.75) is 6.92 Å².